The lowest BCUT2D eigenvalue weighted by Gasteiger charge is -2.17. The van der Waals surface area contributed by atoms with Crippen molar-refractivity contribution in [2.24, 2.45) is 0 Å². The van der Waals surface area contributed by atoms with Crippen molar-refractivity contribution in [1.82, 2.24) is 4.72 Å². The first-order valence-electron chi connectivity index (χ1n) is 7.76. The number of thiophene rings is 2. The molecule has 2 heterocycles. The Bertz CT molecular complexity index is 836. The molecule has 0 radical (unpaired) electrons. The fourth-order valence-corrected chi connectivity index (χ4v) is 5.28. The minimum Gasteiger partial charge on any atom is -0.497 e. The van der Waals surface area contributed by atoms with Gasteiger partial charge in [-0.05, 0) is 58.0 Å². The second kappa shape index (κ2) is 8.14. The molecule has 3 rings (SSSR count). The summed E-state index contributed by atoms with van der Waals surface area (Å²) in [6, 6.07) is 13.0. The van der Waals surface area contributed by atoms with Crippen LogP contribution in [0.25, 0.3) is 0 Å². The first kappa shape index (κ1) is 18.1. The first-order valence-corrected chi connectivity index (χ1v) is 11.2. The standard InChI is InChI=1S/C18H19NO3S3/c1-22-16-6-4-14(5-7-16)9-12-25(20,21)19-18(15-8-11-23-13-15)17-3-2-10-24-17/h2-8,10-11,13,18-19H,9,12H2,1H3. The monoisotopic (exact) mass is 393 g/mol. The molecule has 1 N–H and O–H groups in total. The average molecular weight is 394 g/mol. The number of nitrogens with one attached hydrogen (secondary N) is 1. The van der Waals surface area contributed by atoms with Crippen LogP contribution < -0.4 is 9.46 Å². The van der Waals surface area contributed by atoms with E-state index in [9.17, 15) is 8.42 Å². The summed E-state index contributed by atoms with van der Waals surface area (Å²) in [5, 5.41) is 5.90. The van der Waals surface area contributed by atoms with Crippen LogP contribution in [0.15, 0.2) is 58.6 Å². The summed E-state index contributed by atoms with van der Waals surface area (Å²) in [5.41, 5.74) is 1.94. The van der Waals surface area contributed by atoms with Crippen LogP contribution in [0, 0.1) is 0 Å². The summed E-state index contributed by atoms with van der Waals surface area (Å²) in [6.07, 6.45) is 0.458. The molecule has 0 bridgehead atoms. The lowest BCUT2D eigenvalue weighted by Crippen LogP contribution is -2.31. The molecule has 132 valence electrons. The quantitative estimate of drug-likeness (QED) is 0.628. The van der Waals surface area contributed by atoms with Gasteiger partial charge in [-0.3, -0.25) is 0 Å². The van der Waals surface area contributed by atoms with E-state index in [0.717, 1.165) is 21.8 Å². The van der Waals surface area contributed by atoms with Gasteiger partial charge in [0.1, 0.15) is 5.75 Å². The van der Waals surface area contributed by atoms with Crippen LogP contribution in [0.2, 0.25) is 0 Å². The Morgan fingerprint density at radius 1 is 1.12 bits per heavy atom. The maximum absolute atomic E-state index is 12.6. The van der Waals surface area contributed by atoms with Gasteiger partial charge in [-0.15, -0.1) is 11.3 Å². The molecule has 1 unspecified atom stereocenters. The van der Waals surface area contributed by atoms with E-state index >= 15 is 0 Å². The largest absolute Gasteiger partial charge is 0.497 e. The van der Waals surface area contributed by atoms with Crippen LogP contribution in [0.5, 0.6) is 5.75 Å². The van der Waals surface area contributed by atoms with Crippen LogP contribution in [-0.4, -0.2) is 21.3 Å². The molecule has 0 amide bonds. The van der Waals surface area contributed by atoms with Gasteiger partial charge in [0, 0.05) is 4.88 Å². The molecule has 0 aliphatic heterocycles. The van der Waals surface area contributed by atoms with E-state index in [2.05, 4.69) is 4.72 Å². The van der Waals surface area contributed by atoms with Gasteiger partial charge in [-0.25, -0.2) is 13.1 Å². The fourth-order valence-electron chi connectivity index (χ4n) is 2.47. The van der Waals surface area contributed by atoms with E-state index in [0.29, 0.717) is 6.42 Å². The highest BCUT2D eigenvalue weighted by Crippen LogP contribution is 2.28. The Hall–Kier alpha value is -1.67. The Kier molecular flexibility index (Phi) is 5.90. The molecule has 3 aromatic rings. The SMILES string of the molecule is COc1ccc(CCS(=O)(=O)NC(c2ccsc2)c2cccs2)cc1. The van der Waals surface area contributed by atoms with E-state index in [4.69, 9.17) is 4.74 Å². The molecule has 25 heavy (non-hydrogen) atoms. The molecule has 0 aliphatic rings. The van der Waals surface area contributed by atoms with Crippen molar-refractivity contribution >= 4 is 32.7 Å². The molecule has 1 atom stereocenters. The van der Waals surface area contributed by atoms with Crippen LogP contribution in [-0.2, 0) is 16.4 Å². The van der Waals surface area contributed by atoms with E-state index in [1.54, 1.807) is 29.8 Å². The lowest BCUT2D eigenvalue weighted by atomic mass is 10.1. The van der Waals surface area contributed by atoms with Crippen molar-refractivity contribution < 1.29 is 13.2 Å². The average Bonchev–Trinajstić information content (AvgIpc) is 3.32. The highest BCUT2D eigenvalue weighted by Gasteiger charge is 2.22. The smallest absolute Gasteiger partial charge is 0.212 e. The molecule has 1 aromatic carbocycles. The summed E-state index contributed by atoms with van der Waals surface area (Å²) >= 11 is 3.12. The Morgan fingerprint density at radius 2 is 1.92 bits per heavy atom. The number of rotatable bonds is 8. The third-order valence-electron chi connectivity index (χ3n) is 3.82. The second-order valence-corrected chi connectivity index (χ2v) is 9.17. The van der Waals surface area contributed by atoms with E-state index in [-0.39, 0.29) is 11.8 Å². The first-order chi connectivity index (χ1) is 12.1. The zero-order valence-corrected chi connectivity index (χ0v) is 16.2. The van der Waals surface area contributed by atoms with Gasteiger partial charge in [0.05, 0.1) is 18.9 Å². The van der Waals surface area contributed by atoms with Crippen molar-refractivity contribution in [2.45, 2.75) is 12.5 Å². The number of benzene rings is 1. The van der Waals surface area contributed by atoms with Crippen molar-refractivity contribution in [2.75, 3.05) is 12.9 Å². The molecule has 2 aromatic heterocycles. The zero-order valence-electron chi connectivity index (χ0n) is 13.7. The van der Waals surface area contributed by atoms with Crippen LogP contribution >= 0.6 is 22.7 Å². The topological polar surface area (TPSA) is 55.4 Å². The predicted molar refractivity (Wildman–Crippen MR) is 104 cm³/mol. The van der Waals surface area contributed by atoms with Gasteiger partial charge < -0.3 is 4.74 Å². The second-order valence-electron chi connectivity index (χ2n) is 5.54. The molecular weight excluding hydrogens is 374 g/mol. The molecule has 0 fully saturated rings. The minimum atomic E-state index is -3.42. The normalized spacial score (nSPS) is 12.8. The van der Waals surface area contributed by atoms with Crippen LogP contribution in [0.4, 0.5) is 0 Å². The number of sulfonamides is 1. The van der Waals surface area contributed by atoms with Gasteiger partial charge in [0.2, 0.25) is 10.0 Å². The molecular formula is C18H19NO3S3. The van der Waals surface area contributed by atoms with Gasteiger partial charge in [-0.1, -0.05) is 18.2 Å². The van der Waals surface area contributed by atoms with Gasteiger partial charge in [0.25, 0.3) is 0 Å². The molecule has 0 saturated carbocycles. The maximum atomic E-state index is 12.6. The summed E-state index contributed by atoms with van der Waals surface area (Å²) in [7, 11) is -1.81. The molecule has 0 saturated heterocycles. The highest BCUT2D eigenvalue weighted by atomic mass is 32.2. The summed E-state index contributed by atoms with van der Waals surface area (Å²) in [6.45, 7) is 0. The molecule has 7 heteroatoms. The summed E-state index contributed by atoms with van der Waals surface area (Å²) in [5.74, 6) is 0.811. The van der Waals surface area contributed by atoms with Crippen molar-refractivity contribution in [3.8, 4) is 5.75 Å². The van der Waals surface area contributed by atoms with Gasteiger partial charge >= 0.3 is 0 Å². The van der Waals surface area contributed by atoms with E-state index < -0.39 is 10.0 Å². The van der Waals surface area contributed by atoms with Crippen molar-refractivity contribution in [3.63, 3.8) is 0 Å². The van der Waals surface area contributed by atoms with Crippen molar-refractivity contribution in [1.29, 1.82) is 0 Å². The Morgan fingerprint density at radius 3 is 2.52 bits per heavy atom. The number of hydrogen-bond acceptors (Lipinski definition) is 5. The van der Waals surface area contributed by atoms with Crippen molar-refractivity contribution in [3.05, 3.63) is 74.6 Å². The fraction of sp³-hybridized carbons (Fsp3) is 0.222. The summed E-state index contributed by atoms with van der Waals surface area (Å²) < 4.78 is 33.2. The summed E-state index contributed by atoms with van der Waals surface area (Å²) in [4.78, 5) is 0.992. The minimum absolute atomic E-state index is 0.0470. The molecule has 0 spiro atoms. The van der Waals surface area contributed by atoms with Gasteiger partial charge in [-0.2, -0.15) is 11.3 Å². The molecule has 4 nitrogen and oxygen atoms in total. The van der Waals surface area contributed by atoms with E-state index in [1.807, 2.05) is 58.6 Å². The number of hydrogen-bond donors (Lipinski definition) is 1. The Balaban J connectivity index is 1.70. The maximum Gasteiger partial charge on any atom is 0.212 e. The predicted octanol–water partition coefficient (Wildman–Crippen LogP) is 4.07. The number of aryl methyl sites for hydroxylation is 1. The van der Waals surface area contributed by atoms with E-state index in [1.165, 1.54) is 0 Å². The van der Waals surface area contributed by atoms with Crippen LogP contribution in [0.1, 0.15) is 22.0 Å². The number of methoxy groups -OCH3 is 1. The molecule has 0 aliphatic carbocycles. The Labute approximate surface area is 156 Å². The lowest BCUT2D eigenvalue weighted by molar-refractivity contribution is 0.414. The van der Waals surface area contributed by atoms with Crippen LogP contribution in [0.3, 0.4) is 0 Å². The zero-order chi connectivity index (χ0) is 17.7. The highest BCUT2D eigenvalue weighted by molar-refractivity contribution is 7.89. The number of ether oxygens (including phenoxy) is 1. The third kappa shape index (κ3) is 4.92. The third-order valence-corrected chi connectivity index (χ3v) is 6.80. The van der Waals surface area contributed by atoms with Gasteiger partial charge in [0.15, 0.2) is 0 Å².